The molecule has 1 saturated heterocycles. The number of ether oxygens (including phenoxy) is 1. The van der Waals surface area contributed by atoms with Crippen molar-refractivity contribution in [2.45, 2.75) is 25.7 Å². The number of esters is 1. The molecule has 30 heavy (non-hydrogen) atoms. The Labute approximate surface area is 174 Å². The molecule has 0 saturated carbocycles. The highest BCUT2D eigenvalue weighted by atomic mass is 16.5. The van der Waals surface area contributed by atoms with Crippen molar-refractivity contribution in [3.05, 3.63) is 63.6 Å². The Kier molecular flexibility index (Phi) is 6.66. The molecule has 8 nitrogen and oxygen atoms in total. The molecule has 0 aliphatic carbocycles. The van der Waals surface area contributed by atoms with E-state index in [2.05, 4.69) is 5.32 Å². The maximum absolute atomic E-state index is 12.9. The molecule has 0 spiro atoms. The Bertz CT molecular complexity index is 1020. The van der Waals surface area contributed by atoms with Crippen molar-refractivity contribution in [2.24, 2.45) is 7.05 Å². The van der Waals surface area contributed by atoms with Crippen LogP contribution in [0.4, 0.5) is 5.69 Å². The number of methoxy groups -OCH3 is 1. The van der Waals surface area contributed by atoms with Gasteiger partial charge in [-0.1, -0.05) is 25.0 Å². The zero-order valence-corrected chi connectivity index (χ0v) is 17.1. The fourth-order valence-electron chi connectivity index (χ4n) is 3.53. The predicted molar refractivity (Wildman–Crippen MR) is 112 cm³/mol. The van der Waals surface area contributed by atoms with E-state index in [1.165, 1.54) is 43.1 Å². The van der Waals surface area contributed by atoms with Crippen molar-refractivity contribution in [3.8, 4) is 0 Å². The molecule has 3 rings (SSSR count). The summed E-state index contributed by atoms with van der Waals surface area (Å²) in [4.78, 5) is 52.0. The van der Waals surface area contributed by atoms with E-state index in [1.54, 1.807) is 17.0 Å². The summed E-state index contributed by atoms with van der Waals surface area (Å²) in [5, 5.41) is 2.55. The Hall–Kier alpha value is -3.42. The second-order valence-electron chi connectivity index (χ2n) is 7.26. The van der Waals surface area contributed by atoms with Gasteiger partial charge in [0.2, 0.25) is 0 Å². The first kappa shape index (κ1) is 21.3. The summed E-state index contributed by atoms with van der Waals surface area (Å²) >= 11 is 0. The van der Waals surface area contributed by atoms with Crippen molar-refractivity contribution in [1.82, 2.24) is 9.47 Å². The number of aryl methyl sites for hydroxylation is 1. The Morgan fingerprint density at radius 1 is 1.00 bits per heavy atom. The minimum absolute atomic E-state index is 0.0251. The fraction of sp³-hybridized carbons (Fsp3) is 0.364. The van der Waals surface area contributed by atoms with E-state index in [0.29, 0.717) is 18.7 Å². The molecule has 8 heteroatoms. The largest absolute Gasteiger partial charge is 0.465 e. The van der Waals surface area contributed by atoms with Crippen molar-refractivity contribution in [1.29, 1.82) is 0 Å². The summed E-state index contributed by atoms with van der Waals surface area (Å²) in [6.07, 6.45) is 5.57. The standard InChI is InChI=1S/C22H25N3O5/c1-24-14-15(20(27)25-11-7-3-4-8-12-25)13-18(21(24)28)23-19(26)16-9-5-6-10-17(16)22(29)30-2/h5-6,9-10,13-14H,3-4,7-8,11-12H2,1-2H3,(H,23,26). The molecule has 1 aliphatic rings. The Morgan fingerprint density at radius 2 is 1.63 bits per heavy atom. The number of carbonyl (C=O) groups excluding carboxylic acids is 3. The summed E-state index contributed by atoms with van der Waals surface area (Å²) in [5.74, 6) is -1.45. The van der Waals surface area contributed by atoms with Gasteiger partial charge in [-0.3, -0.25) is 14.4 Å². The average Bonchev–Trinajstić information content (AvgIpc) is 3.05. The molecule has 2 amide bonds. The highest BCUT2D eigenvalue weighted by molar-refractivity contribution is 6.11. The van der Waals surface area contributed by atoms with Gasteiger partial charge in [-0.15, -0.1) is 0 Å². The van der Waals surface area contributed by atoms with Gasteiger partial charge >= 0.3 is 5.97 Å². The highest BCUT2D eigenvalue weighted by Crippen LogP contribution is 2.16. The molecule has 0 radical (unpaired) electrons. The molecular weight excluding hydrogens is 386 g/mol. The molecule has 1 aromatic carbocycles. The van der Waals surface area contributed by atoms with E-state index in [4.69, 9.17) is 4.74 Å². The molecular formula is C22H25N3O5. The van der Waals surface area contributed by atoms with Gasteiger partial charge < -0.3 is 19.5 Å². The van der Waals surface area contributed by atoms with Crippen LogP contribution >= 0.6 is 0 Å². The molecule has 0 unspecified atom stereocenters. The van der Waals surface area contributed by atoms with Crippen molar-refractivity contribution in [3.63, 3.8) is 0 Å². The molecule has 2 aromatic rings. The summed E-state index contributed by atoms with van der Waals surface area (Å²) < 4.78 is 5.98. The Balaban J connectivity index is 1.90. The van der Waals surface area contributed by atoms with Gasteiger partial charge in [-0.05, 0) is 31.0 Å². The van der Waals surface area contributed by atoms with Gasteiger partial charge in [-0.25, -0.2) is 4.79 Å². The maximum atomic E-state index is 12.9. The molecule has 1 aliphatic heterocycles. The number of hydrogen-bond acceptors (Lipinski definition) is 5. The predicted octanol–water partition coefficient (Wildman–Crippen LogP) is 2.44. The number of carbonyl (C=O) groups is 3. The molecule has 1 aromatic heterocycles. The number of nitrogens with zero attached hydrogens (tertiary/aromatic N) is 2. The van der Waals surface area contributed by atoms with E-state index in [9.17, 15) is 19.2 Å². The SMILES string of the molecule is COC(=O)c1ccccc1C(=O)Nc1cc(C(=O)N2CCCCCC2)cn(C)c1=O. The number of nitrogens with one attached hydrogen (secondary N) is 1. The third kappa shape index (κ3) is 4.59. The molecule has 158 valence electrons. The van der Waals surface area contributed by atoms with Gasteiger partial charge in [0.05, 0.1) is 23.8 Å². The van der Waals surface area contributed by atoms with E-state index >= 15 is 0 Å². The number of amides is 2. The lowest BCUT2D eigenvalue weighted by Crippen LogP contribution is -2.33. The lowest BCUT2D eigenvalue weighted by Gasteiger charge is -2.21. The lowest BCUT2D eigenvalue weighted by molar-refractivity contribution is 0.0597. The second-order valence-corrected chi connectivity index (χ2v) is 7.26. The average molecular weight is 411 g/mol. The number of rotatable bonds is 4. The summed E-state index contributed by atoms with van der Waals surface area (Å²) in [6, 6.07) is 7.56. The fourth-order valence-corrected chi connectivity index (χ4v) is 3.53. The topological polar surface area (TPSA) is 97.7 Å². The highest BCUT2D eigenvalue weighted by Gasteiger charge is 2.21. The van der Waals surface area contributed by atoms with Crippen LogP contribution in [0.5, 0.6) is 0 Å². The van der Waals surface area contributed by atoms with Crippen LogP contribution in [0.2, 0.25) is 0 Å². The monoisotopic (exact) mass is 411 g/mol. The number of benzene rings is 1. The number of aromatic nitrogens is 1. The van der Waals surface area contributed by atoms with Crippen molar-refractivity contribution in [2.75, 3.05) is 25.5 Å². The molecule has 1 fully saturated rings. The van der Waals surface area contributed by atoms with Crippen LogP contribution in [0.3, 0.4) is 0 Å². The van der Waals surface area contributed by atoms with Crippen LogP contribution in [0, 0.1) is 0 Å². The van der Waals surface area contributed by atoms with E-state index < -0.39 is 17.4 Å². The summed E-state index contributed by atoms with van der Waals surface area (Å²) in [5.41, 5.74) is 0.0199. The first-order chi connectivity index (χ1) is 14.4. The van der Waals surface area contributed by atoms with E-state index in [0.717, 1.165) is 25.7 Å². The zero-order chi connectivity index (χ0) is 21.7. The van der Waals surface area contributed by atoms with Crippen LogP contribution in [0.25, 0.3) is 0 Å². The first-order valence-corrected chi connectivity index (χ1v) is 9.91. The van der Waals surface area contributed by atoms with E-state index in [-0.39, 0.29) is 22.7 Å². The summed E-state index contributed by atoms with van der Waals surface area (Å²) in [6.45, 7) is 1.35. The second kappa shape index (κ2) is 9.39. The van der Waals surface area contributed by atoms with Crippen LogP contribution in [-0.2, 0) is 11.8 Å². The Morgan fingerprint density at radius 3 is 2.27 bits per heavy atom. The molecule has 0 atom stereocenters. The zero-order valence-electron chi connectivity index (χ0n) is 17.1. The smallest absolute Gasteiger partial charge is 0.338 e. The van der Waals surface area contributed by atoms with Gasteiger partial charge in [-0.2, -0.15) is 0 Å². The normalized spacial score (nSPS) is 14.0. The number of pyridine rings is 1. The van der Waals surface area contributed by atoms with Crippen LogP contribution < -0.4 is 10.9 Å². The number of hydrogen-bond donors (Lipinski definition) is 1. The minimum atomic E-state index is -0.654. The molecule has 0 bridgehead atoms. The molecule has 2 heterocycles. The quantitative estimate of drug-likeness (QED) is 0.780. The third-order valence-electron chi connectivity index (χ3n) is 5.15. The third-order valence-corrected chi connectivity index (χ3v) is 5.15. The van der Waals surface area contributed by atoms with Gasteiger partial charge in [0.25, 0.3) is 17.4 Å². The van der Waals surface area contributed by atoms with Crippen molar-refractivity contribution >= 4 is 23.5 Å². The maximum Gasteiger partial charge on any atom is 0.338 e. The van der Waals surface area contributed by atoms with Crippen LogP contribution in [0.1, 0.15) is 56.8 Å². The van der Waals surface area contributed by atoms with E-state index in [1.807, 2.05) is 0 Å². The van der Waals surface area contributed by atoms with Gasteiger partial charge in [0.15, 0.2) is 0 Å². The van der Waals surface area contributed by atoms with Gasteiger partial charge in [0, 0.05) is 26.3 Å². The van der Waals surface area contributed by atoms with Gasteiger partial charge in [0.1, 0.15) is 5.69 Å². The lowest BCUT2D eigenvalue weighted by atomic mass is 10.1. The first-order valence-electron chi connectivity index (χ1n) is 9.91. The van der Waals surface area contributed by atoms with Crippen LogP contribution in [0.15, 0.2) is 41.3 Å². The van der Waals surface area contributed by atoms with Crippen molar-refractivity contribution < 1.29 is 19.1 Å². The number of anilines is 1. The summed E-state index contributed by atoms with van der Waals surface area (Å²) in [7, 11) is 2.75. The number of likely N-dealkylation sites (tertiary alicyclic amines) is 1. The minimum Gasteiger partial charge on any atom is -0.465 e. The van der Waals surface area contributed by atoms with Crippen LogP contribution in [-0.4, -0.2) is 47.4 Å². The molecule has 1 N–H and O–H groups in total.